The molecule has 0 amide bonds. The van der Waals surface area contributed by atoms with Gasteiger partial charge in [0.2, 0.25) is 0 Å². The van der Waals surface area contributed by atoms with Crippen molar-refractivity contribution in [3.63, 3.8) is 0 Å². The van der Waals surface area contributed by atoms with Crippen LogP contribution in [0.4, 0.5) is 11.4 Å². The van der Waals surface area contributed by atoms with Crippen LogP contribution in [0.15, 0.2) is 30.3 Å². The van der Waals surface area contributed by atoms with E-state index in [9.17, 15) is 0 Å². The van der Waals surface area contributed by atoms with Crippen molar-refractivity contribution in [3.05, 3.63) is 35.9 Å². The van der Waals surface area contributed by atoms with Gasteiger partial charge in [0.25, 0.3) is 0 Å². The van der Waals surface area contributed by atoms with E-state index in [1.54, 1.807) is 0 Å². The van der Waals surface area contributed by atoms with E-state index in [1.807, 2.05) is 12.1 Å². The topological polar surface area (TPSA) is 52.0 Å². The fourth-order valence-electron chi connectivity index (χ4n) is 2.14. The second-order valence-corrected chi connectivity index (χ2v) is 4.58. The lowest BCUT2D eigenvalue weighted by molar-refractivity contribution is 0.718. The van der Waals surface area contributed by atoms with Crippen LogP contribution >= 0.6 is 0 Å². The Morgan fingerprint density at radius 3 is 2.53 bits per heavy atom. The maximum atomic E-state index is 6.02. The number of nitrogens with two attached hydrogens (primary N) is 2. The second-order valence-electron chi connectivity index (χ2n) is 4.58. The highest BCUT2D eigenvalue weighted by Crippen LogP contribution is 2.27. The summed E-state index contributed by atoms with van der Waals surface area (Å²) < 4.78 is 0. The van der Waals surface area contributed by atoms with E-state index in [4.69, 9.17) is 11.5 Å². The molecule has 0 aliphatic carbocycles. The predicted octanol–water partition coefficient (Wildman–Crippen LogP) is 3.74. The van der Waals surface area contributed by atoms with Gasteiger partial charge >= 0.3 is 0 Å². The summed E-state index contributed by atoms with van der Waals surface area (Å²) in [5.41, 5.74) is 14.6. The van der Waals surface area contributed by atoms with Crippen LogP contribution in [0, 0.1) is 0 Å². The van der Waals surface area contributed by atoms with Crippen LogP contribution in [-0.4, -0.2) is 0 Å². The molecule has 0 aromatic heterocycles. The van der Waals surface area contributed by atoms with Crippen LogP contribution in [0.1, 0.15) is 31.7 Å². The van der Waals surface area contributed by atoms with Gasteiger partial charge in [-0.05, 0) is 35.9 Å². The van der Waals surface area contributed by atoms with Crippen molar-refractivity contribution >= 4 is 22.1 Å². The molecular formula is C15H20N2. The van der Waals surface area contributed by atoms with Crippen molar-refractivity contribution in [2.24, 2.45) is 0 Å². The lowest BCUT2D eigenvalue weighted by Crippen LogP contribution is -1.96. The Morgan fingerprint density at radius 1 is 1.00 bits per heavy atom. The fraction of sp³-hybridized carbons (Fsp3) is 0.333. The SMILES string of the molecule is CCCCCc1ccc2ccc(N)c(N)c2c1. The van der Waals surface area contributed by atoms with E-state index in [1.165, 1.54) is 24.8 Å². The van der Waals surface area contributed by atoms with Crippen LogP contribution in [-0.2, 0) is 6.42 Å². The van der Waals surface area contributed by atoms with Gasteiger partial charge in [0.15, 0.2) is 0 Å². The third kappa shape index (κ3) is 2.52. The van der Waals surface area contributed by atoms with Gasteiger partial charge in [-0.3, -0.25) is 0 Å². The molecule has 0 aliphatic heterocycles. The molecule has 0 atom stereocenters. The highest BCUT2D eigenvalue weighted by Gasteiger charge is 2.03. The molecule has 2 nitrogen and oxygen atoms in total. The average molecular weight is 228 g/mol. The smallest absolute Gasteiger partial charge is 0.0627 e. The number of rotatable bonds is 4. The van der Waals surface area contributed by atoms with E-state index < -0.39 is 0 Å². The zero-order valence-corrected chi connectivity index (χ0v) is 10.4. The summed E-state index contributed by atoms with van der Waals surface area (Å²) in [7, 11) is 0. The minimum Gasteiger partial charge on any atom is -0.397 e. The number of hydrogen-bond donors (Lipinski definition) is 2. The van der Waals surface area contributed by atoms with Gasteiger partial charge in [0.1, 0.15) is 0 Å². The van der Waals surface area contributed by atoms with E-state index in [-0.39, 0.29) is 0 Å². The van der Waals surface area contributed by atoms with Crippen molar-refractivity contribution in [2.75, 3.05) is 11.5 Å². The van der Waals surface area contributed by atoms with Crippen LogP contribution in [0.3, 0.4) is 0 Å². The molecule has 0 bridgehead atoms. The molecule has 2 heteroatoms. The Balaban J connectivity index is 2.32. The van der Waals surface area contributed by atoms with Gasteiger partial charge in [-0.2, -0.15) is 0 Å². The zero-order valence-electron chi connectivity index (χ0n) is 10.4. The van der Waals surface area contributed by atoms with Crippen molar-refractivity contribution in [1.82, 2.24) is 0 Å². The second kappa shape index (κ2) is 5.09. The molecule has 2 aromatic rings. The first kappa shape index (κ1) is 11.8. The van der Waals surface area contributed by atoms with Crippen LogP contribution in [0.5, 0.6) is 0 Å². The summed E-state index contributed by atoms with van der Waals surface area (Å²) in [6.45, 7) is 2.22. The van der Waals surface area contributed by atoms with Gasteiger partial charge in [0, 0.05) is 5.39 Å². The molecular weight excluding hydrogens is 208 g/mol. The number of hydrogen-bond acceptors (Lipinski definition) is 2. The van der Waals surface area contributed by atoms with E-state index in [0.29, 0.717) is 11.4 Å². The van der Waals surface area contributed by atoms with E-state index in [0.717, 1.165) is 17.2 Å². The van der Waals surface area contributed by atoms with Crippen LogP contribution < -0.4 is 11.5 Å². The maximum absolute atomic E-state index is 6.02. The Labute approximate surface area is 103 Å². The average Bonchev–Trinajstić information content (AvgIpc) is 2.35. The summed E-state index contributed by atoms with van der Waals surface area (Å²) >= 11 is 0. The molecule has 90 valence electrons. The molecule has 2 aromatic carbocycles. The number of aryl methyl sites for hydroxylation is 1. The maximum Gasteiger partial charge on any atom is 0.0627 e. The summed E-state index contributed by atoms with van der Waals surface area (Å²) in [6, 6.07) is 10.4. The molecule has 0 unspecified atom stereocenters. The van der Waals surface area contributed by atoms with Crippen molar-refractivity contribution < 1.29 is 0 Å². The molecule has 0 heterocycles. The van der Waals surface area contributed by atoms with Gasteiger partial charge in [0.05, 0.1) is 11.4 Å². The Bertz CT molecular complexity index is 518. The minimum absolute atomic E-state index is 0.670. The van der Waals surface area contributed by atoms with E-state index >= 15 is 0 Å². The van der Waals surface area contributed by atoms with Gasteiger partial charge in [-0.15, -0.1) is 0 Å². The summed E-state index contributed by atoms with van der Waals surface area (Å²) in [5.74, 6) is 0. The Kier molecular flexibility index (Phi) is 3.52. The lowest BCUT2D eigenvalue weighted by atomic mass is 10.0. The van der Waals surface area contributed by atoms with Gasteiger partial charge in [-0.25, -0.2) is 0 Å². The summed E-state index contributed by atoms with van der Waals surface area (Å²) in [4.78, 5) is 0. The first-order valence-corrected chi connectivity index (χ1v) is 6.29. The zero-order chi connectivity index (χ0) is 12.3. The third-order valence-corrected chi connectivity index (χ3v) is 3.23. The molecule has 4 N–H and O–H groups in total. The highest BCUT2D eigenvalue weighted by molar-refractivity contribution is 5.98. The molecule has 0 radical (unpaired) electrons. The molecule has 0 fully saturated rings. The van der Waals surface area contributed by atoms with Crippen molar-refractivity contribution in [2.45, 2.75) is 32.6 Å². The van der Waals surface area contributed by atoms with Crippen molar-refractivity contribution in [1.29, 1.82) is 0 Å². The lowest BCUT2D eigenvalue weighted by Gasteiger charge is -2.08. The molecule has 0 spiro atoms. The number of benzene rings is 2. The quantitative estimate of drug-likeness (QED) is 0.618. The minimum atomic E-state index is 0.670. The fourth-order valence-corrected chi connectivity index (χ4v) is 2.14. The molecule has 0 aliphatic rings. The number of nitrogen functional groups attached to an aromatic ring is 2. The molecule has 0 saturated carbocycles. The molecule has 17 heavy (non-hydrogen) atoms. The largest absolute Gasteiger partial charge is 0.397 e. The van der Waals surface area contributed by atoms with Gasteiger partial charge in [-0.1, -0.05) is 38.0 Å². The molecule has 0 saturated heterocycles. The number of fused-ring (bicyclic) bond motifs is 1. The normalized spacial score (nSPS) is 10.9. The third-order valence-electron chi connectivity index (χ3n) is 3.23. The number of unbranched alkanes of at least 4 members (excludes halogenated alkanes) is 2. The van der Waals surface area contributed by atoms with Crippen LogP contribution in [0.25, 0.3) is 10.8 Å². The van der Waals surface area contributed by atoms with E-state index in [2.05, 4.69) is 25.1 Å². The number of anilines is 2. The first-order chi connectivity index (χ1) is 8.22. The predicted molar refractivity (Wildman–Crippen MR) is 76.0 cm³/mol. The highest BCUT2D eigenvalue weighted by atomic mass is 14.7. The van der Waals surface area contributed by atoms with Crippen LogP contribution in [0.2, 0.25) is 0 Å². The Hall–Kier alpha value is -1.70. The monoisotopic (exact) mass is 228 g/mol. The first-order valence-electron chi connectivity index (χ1n) is 6.29. The Morgan fingerprint density at radius 2 is 1.76 bits per heavy atom. The molecule has 2 rings (SSSR count). The summed E-state index contributed by atoms with van der Waals surface area (Å²) in [6.07, 6.45) is 4.90. The summed E-state index contributed by atoms with van der Waals surface area (Å²) in [5, 5.41) is 2.25. The standard InChI is InChI=1S/C15H20N2/c1-2-3-4-5-11-6-7-12-8-9-14(16)15(17)13(12)10-11/h6-10H,2-5,16-17H2,1H3. The van der Waals surface area contributed by atoms with Crippen molar-refractivity contribution in [3.8, 4) is 0 Å². The van der Waals surface area contributed by atoms with Gasteiger partial charge < -0.3 is 11.5 Å².